The molecule has 3 aromatic heterocycles. The molecule has 2 amide bonds. The smallest absolute Gasteiger partial charge is 0.428 e. The molecule has 10 nitrogen and oxygen atoms in total. The third-order valence-corrected chi connectivity index (χ3v) is 6.28. The normalized spacial score (nSPS) is 14.3. The Bertz CT molecular complexity index is 1540. The SMILES string of the molecule is Cn1ncc2c(N)nc3cc(Cl)c(C(=O)N(Cc4ccc(C(F)(F)F)cn4)N4CCCOC4=O)cc3c21. The van der Waals surface area contributed by atoms with Gasteiger partial charge in [-0.3, -0.25) is 14.5 Å². The van der Waals surface area contributed by atoms with Crippen molar-refractivity contribution in [1.29, 1.82) is 0 Å². The molecule has 14 heteroatoms. The second kappa shape index (κ2) is 9.07. The number of hydrazine groups is 1. The number of alkyl halides is 3. The van der Waals surface area contributed by atoms with Crippen molar-refractivity contribution in [1.82, 2.24) is 29.8 Å². The monoisotopic (exact) mass is 533 g/mol. The topological polar surface area (TPSA) is 119 Å². The summed E-state index contributed by atoms with van der Waals surface area (Å²) in [5, 5.41) is 7.54. The van der Waals surface area contributed by atoms with Crippen molar-refractivity contribution < 1.29 is 27.5 Å². The number of anilines is 1. The zero-order chi connectivity index (χ0) is 26.5. The maximum absolute atomic E-state index is 13.8. The number of carbonyl (C=O) groups excluding carboxylic acids is 2. The number of pyridine rings is 2. The molecule has 1 aliphatic heterocycles. The number of nitrogen functional groups attached to an aromatic ring is 1. The first-order valence-electron chi connectivity index (χ1n) is 11.0. The Balaban J connectivity index is 1.59. The molecule has 0 saturated carbocycles. The second-order valence-electron chi connectivity index (χ2n) is 8.37. The van der Waals surface area contributed by atoms with E-state index in [0.717, 1.165) is 22.2 Å². The Morgan fingerprint density at radius 2 is 2.03 bits per heavy atom. The molecule has 4 aromatic rings. The number of aryl methyl sites for hydroxylation is 1. The summed E-state index contributed by atoms with van der Waals surface area (Å²) in [5.41, 5.74) is 6.34. The number of cyclic esters (lactones) is 1. The highest BCUT2D eigenvalue weighted by atomic mass is 35.5. The Morgan fingerprint density at radius 3 is 2.70 bits per heavy atom. The largest absolute Gasteiger partial charge is 0.448 e. The molecule has 1 aromatic carbocycles. The highest BCUT2D eigenvalue weighted by Gasteiger charge is 2.34. The van der Waals surface area contributed by atoms with Crippen LogP contribution in [0.3, 0.4) is 0 Å². The van der Waals surface area contributed by atoms with Crippen LogP contribution in [0.15, 0.2) is 36.7 Å². The van der Waals surface area contributed by atoms with E-state index in [1.807, 2.05) is 0 Å². The van der Waals surface area contributed by atoms with Gasteiger partial charge in [0.15, 0.2) is 0 Å². The second-order valence-corrected chi connectivity index (χ2v) is 8.77. The van der Waals surface area contributed by atoms with Gasteiger partial charge in [-0.25, -0.2) is 19.8 Å². The first kappa shape index (κ1) is 24.6. The van der Waals surface area contributed by atoms with Gasteiger partial charge in [-0.2, -0.15) is 18.3 Å². The van der Waals surface area contributed by atoms with E-state index in [2.05, 4.69) is 15.1 Å². The average Bonchev–Trinajstić information content (AvgIpc) is 3.24. The van der Waals surface area contributed by atoms with Crippen LogP contribution in [-0.2, 0) is 24.5 Å². The molecule has 0 atom stereocenters. The number of amides is 2. The van der Waals surface area contributed by atoms with Gasteiger partial charge in [-0.15, -0.1) is 0 Å². The van der Waals surface area contributed by atoms with Crippen molar-refractivity contribution in [3.63, 3.8) is 0 Å². The third-order valence-electron chi connectivity index (χ3n) is 5.97. The zero-order valence-corrected chi connectivity index (χ0v) is 20.0. The molecule has 1 aliphatic rings. The first-order valence-corrected chi connectivity index (χ1v) is 11.4. The summed E-state index contributed by atoms with van der Waals surface area (Å²) in [7, 11) is 1.71. The van der Waals surface area contributed by atoms with Crippen molar-refractivity contribution in [2.45, 2.75) is 19.1 Å². The molecule has 37 heavy (non-hydrogen) atoms. The van der Waals surface area contributed by atoms with Crippen molar-refractivity contribution in [3.8, 4) is 0 Å². The van der Waals surface area contributed by atoms with Crippen molar-refractivity contribution in [3.05, 3.63) is 58.5 Å². The van der Waals surface area contributed by atoms with Crippen LogP contribution in [0, 0.1) is 0 Å². The van der Waals surface area contributed by atoms with Crippen molar-refractivity contribution in [2.24, 2.45) is 7.05 Å². The van der Waals surface area contributed by atoms with Gasteiger partial charge in [-0.05, 0) is 24.3 Å². The van der Waals surface area contributed by atoms with E-state index in [4.69, 9.17) is 22.1 Å². The standard InChI is InChI=1S/C23H19ClF3N7O3/c1-32-19-15-7-14(17(24)8-18(15)31-20(28)16(19)10-30-32)21(35)34(33-5-2-6-37-22(33)36)11-13-4-3-12(9-29-13)23(25,26)27/h3-4,7-10H,2,5-6,11H2,1H3,(H2,28,31). The van der Waals surface area contributed by atoms with E-state index in [0.29, 0.717) is 34.4 Å². The van der Waals surface area contributed by atoms with E-state index >= 15 is 0 Å². The highest BCUT2D eigenvalue weighted by molar-refractivity contribution is 6.35. The van der Waals surface area contributed by atoms with Gasteiger partial charge in [0.25, 0.3) is 5.91 Å². The fourth-order valence-electron chi connectivity index (χ4n) is 4.15. The lowest BCUT2D eigenvalue weighted by molar-refractivity contribution is -0.137. The number of benzene rings is 1. The van der Waals surface area contributed by atoms with Gasteiger partial charge in [0.1, 0.15) is 5.82 Å². The minimum atomic E-state index is -4.56. The summed E-state index contributed by atoms with van der Waals surface area (Å²) in [6.07, 6.45) is -2.66. The Labute approximate surface area is 212 Å². The Hall–Kier alpha value is -4.13. The molecule has 0 spiro atoms. The number of rotatable bonds is 4. The summed E-state index contributed by atoms with van der Waals surface area (Å²) < 4.78 is 45.6. The molecule has 192 valence electrons. The van der Waals surface area contributed by atoms with Crippen LogP contribution in [0.1, 0.15) is 28.0 Å². The number of carbonyl (C=O) groups is 2. The van der Waals surface area contributed by atoms with Crippen LogP contribution in [0.25, 0.3) is 21.8 Å². The zero-order valence-electron chi connectivity index (χ0n) is 19.3. The maximum atomic E-state index is 13.8. The summed E-state index contributed by atoms with van der Waals surface area (Å²) in [6.45, 7) is 0.0280. The van der Waals surface area contributed by atoms with Gasteiger partial charge < -0.3 is 10.5 Å². The summed E-state index contributed by atoms with van der Waals surface area (Å²) in [5.74, 6) is -0.434. The maximum Gasteiger partial charge on any atom is 0.428 e. The van der Waals surface area contributed by atoms with Crippen LogP contribution in [0.5, 0.6) is 0 Å². The fraction of sp³-hybridized carbons (Fsp3) is 0.261. The molecule has 4 heterocycles. The lowest BCUT2D eigenvalue weighted by Gasteiger charge is -2.36. The van der Waals surface area contributed by atoms with Crippen molar-refractivity contribution in [2.75, 3.05) is 18.9 Å². The number of nitrogens with zero attached hydrogens (tertiary/aromatic N) is 6. The number of hydrogen-bond acceptors (Lipinski definition) is 7. The van der Waals surface area contributed by atoms with Gasteiger partial charge in [0, 0.05) is 31.6 Å². The fourth-order valence-corrected chi connectivity index (χ4v) is 4.39. The van der Waals surface area contributed by atoms with E-state index in [1.54, 1.807) is 17.9 Å². The number of halogens is 4. The number of hydrogen-bond donors (Lipinski definition) is 1. The molecular weight excluding hydrogens is 515 g/mol. The molecule has 0 unspecified atom stereocenters. The van der Waals surface area contributed by atoms with Crippen LogP contribution in [0.2, 0.25) is 5.02 Å². The molecule has 0 bridgehead atoms. The predicted molar refractivity (Wildman–Crippen MR) is 127 cm³/mol. The lowest BCUT2D eigenvalue weighted by Crippen LogP contribution is -2.52. The number of ether oxygens (including phenoxy) is 1. The minimum Gasteiger partial charge on any atom is -0.448 e. The summed E-state index contributed by atoms with van der Waals surface area (Å²) in [4.78, 5) is 34.6. The molecule has 5 rings (SSSR count). The highest BCUT2D eigenvalue weighted by Crippen LogP contribution is 2.33. The average molecular weight is 534 g/mol. The summed E-state index contributed by atoms with van der Waals surface area (Å²) in [6, 6.07) is 5.01. The van der Waals surface area contributed by atoms with Crippen LogP contribution < -0.4 is 5.73 Å². The third kappa shape index (κ3) is 4.46. The molecule has 0 radical (unpaired) electrons. The van der Waals surface area contributed by atoms with Crippen LogP contribution in [-0.4, -0.2) is 54.9 Å². The van der Waals surface area contributed by atoms with E-state index < -0.39 is 23.7 Å². The summed E-state index contributed by atoms with van der Waals surface area (Å²) >= 11 is 6.48. The van der Waals surface area contributed by atoms with Gasteiger partial charge in [-0.1, -0.05) is 11.6 Å². The van der Waals surface area contributed by atoms with Crippen molar-refractivity contribution >= 4 is 51.2 Å². The van der Waals surface area contributed by atoms with Gasteiger partial charge >= 0.3 is 12.3 Å². The van der Waals surface area contributed by atoms with E-state index in [-0.39, 0.29) is 41.8 Å². The molecule has 2 N–H and O–H groups in total. The Morgan fingerprint density at radius 1 is 1.24 bits per heavy atom. The van der Waals surface area contributed by atoms with Gasteiger partial charge in [0.2, 0.25) is 0 Å². The lowest BCUT2D eigenvalue weighted by atomic mass is 10.1. The van der Waals surface area contributed by atoms with Crippen LogP contribution in [0.4, 0.5) is 23.8 Å². The van der Waals surface area contributed by atoms with Gasteiger partial charge in [0.05, 0.1) is 57.6 Å². The molecule has 0 aliphatic carbocycles. The van der Waals surface area contributed by atoms with E-state index in [1.165, 1.54) is 12.1 Å². The minimum absolute atomic E-state index is 0.0357. The number of nitrogens with two attached hydrogens (primary N) is 1. The molecule has 1 fully saturated rings. The van der Waals surface area contributed by atoms with Crippen LogP contribution >= 0.6 is 11.6 Å². The van der Waals surface area contributed by atoms with E-state index in [9.17, 15) is 22.8 Å². The quantitative estimate of drug-likeness (QED) is 0.418. The predicted octanol–water partition coefficient (Wildman–Crippen LogP) is 4.17. The number of aromatic nitrogens is 4. The number of fused-ring (bicyclic) bond motifs is 3. The molecular formula is C23H19ClF3N7O3. The first-order chi connectivity index (χ1) is 17.5. The molecule has 1 saturated heterocycles. The Kier molecular flexibility index (Phi) is 6.02.